The highest BCUT2D eigenvalue weighted by molar-refractivity contribution is 9.10. The first-order chi connectivity index (χ1) is 16.3. The molecule has 0 atom stereocenters. The quantitative estimate of drug-likeness (QED) is 0.333. The molecule has 2 aliphatic rings. The molecule has 1 saturated heterocycles. The van der Waals surface area contributed by atoms with Gasteiger partial charge in [0, 0.05) is 4.47 Å². The van der Waals surface area contributed by atoms with Crippen LogP contribution in [0.1, 0.15) is 27.8 Å². The highest BCUT2D eigenvalue weighted by atomic mass is 79.9. The molecule has 0 unspecified atom stereocenters. The van der Waals surface area contributed by atoms with Crippen molar-refractivity contribution in [1.29, 1.82) is 0 Å². The number of halogens is 1. The summed E-state index contributed by atoms with van der Waals surface area (Å²) < 4.78 is 11.8. The Kier molecular flexibility index (Phi) is 6.00. The van der Waals surface area contributed by atoms with Crippen molar-refractivity contribution in [3.63, 3.8) is 0 Å². The van der Waals surface area contributed by atoms with Gasteiger partial charge < -0.3 is 9.47 Å². The number of aryl methyl sites for hydroxylation is 4. The van der Waals surface area contributed by atoms with E-state index in [0.717, 1.165) is 32.5 Å². The molecule has 1 amide bonds. The predicted molar refractivity (Wildman–Crippen MR) is 142 cm³/mol. The minimum atomic E-state index is -0.111. The highest BCUT2D eigenvalue weighted by Crippen LogP contribution is 2.41. The summed E-state index contributed by atoms with van der Waals surface area (Å²) in [5, 5.41) is 0.625. The van der Waals surface area contributed by atoms with Gasteiger partial charge in [-0.25, -0.2) is 4.99 Å². The van der Waals surface area contributed by atoms with Gasteiger partial charge in [-0.15, -0.1) is 0 Å². The molecule has 172 valence electrons. The number of rotatable bonds is 3. The van der Waals surface area contributed by atoms with Crippen LogP contribution in [0.15, 0.2) is 62.9 Å². The lowest BCUT2D eigenvalue weighted by molar-refractivity contribution is -0.113. The van der Waals surface area contributed by atoms with Crippen LogP contribution in [0.25, 0.3) is 6.08 Å². The Bertz CT molecular complexity index is 1400. The number of hydrogen-bond donors (Lipinski definition) is 0. The van der Waals surface area contributed by atoms with Gasteiger partial charge in [0.25, 0.3) is 5.91 Å². The number of amidine groups is 1. The van der Waals surface area contributed by atoms with E-state index in [1.54, 1.807) is 4.90 Å². The van der Waals surface area contributed by atoms with Crippen LogP contribution in [0.2, 0.25) is 0 Å². The minimum absolute atomic E-state index is 0.111. The maximum absolute atomic E-state index is 13.7. The number of carbonyl (C=O) groups is 1. The Morgan fingerprint density at radius 2 is 1.59 bits per heavy atom. The Labute approximate surface area is 211 Å². The first kappa shape index (κ1) is 22.7. The van der Waals surface area contributed by atoms with Gasteiger partial charge in [-0.3, -0.25) is 9.69 Å². The topological polar surface area (TPSA) is 51.1 Å². The lowest BCUT2D eigenvalue weighted by Crippen LogP contribution is -2.28. The normalized spacial score (nSPS) is 17.3. The Balaban J connectivity index is 1.60. The molecular formula is C27H23BrN2O3S. The summed E-state index contributed by atoms with van der Waals surface area (Å²) >= 11 is 4.96. The highest BCUT2D eigenvalue weighted by Gasteiger charge is 2.35. The van der Waals surface area contributed by atoms with Crippen molar-refractivity contribution in [3.8, 4) is 11.5 Å². The van der Waals surface area contributed by atoms with Gasteiger partial charge in [-0.1, -0.05) is 28.1 Å². The molecule has 5 rings (SSSR count). The molecule has 0 aromatic heterocycles. The zero-order valence-electron chi connectivity index (χ0n) is 19.3. The summed E-state index contributed by atoms with van der Waals surface area (Å²) in [7, 11) is 0. The molecule has 0 spiro atoms. The lowest BCUT2D eigenvalue weighted by atomic mass is 10.1. The lowest BCUT2D eigenvalue weighted by Gasteiger charge is -2.17. The van der Waals surface area contributed by atoms with E-state index in [2.05, 4.69) is 42.8 Å². The molecule has 2 heterocycles. The molecule has 0 aliphatic carbocycles. The zero-order valence-corrected chi connectivity index (χ0v) is 21.7. The Morgan fingerprint density at radius 3 is 2.29 bits per heavy atom. The summed E-state index contributed by atoms with van der Waals surface area (Å²) in [5.41, 5.74) is 7.13. The molecule has 0 saturated carbocycles. The average Bonchev–Trinajstić information content (AvgIpc) is 3.37. The predicted octanol–water partition coefficient (Wildman–Crippen LogP) is 7.22. The molecule has 0 bridgehead atoms. The number of amides is 1. The summed E-state index contributed by atoms with van der Waals surface area (Å²) in [6.07, 6.45) is 1.87. The van der Waals surface area contributed by atoms with Crippen molar-refractivity contribution >= 4 is 56.2 Å². The second-order valence-corrected chi connectivity index (χ2v) is 10.3. The molecule has 34 heavy (non-hydrogen) atoms. The molecule has 2 aliphatic heterocycles. The van der Waals surface area contributed by atoms with Crippen LogP contribution < -0.4 is 14.4 Å². The number of fused-ring (bicyclic) bond motifs is 1. The summed E-state index contributed by atoms with van der Waals surface area (Å²) in [5.74, 6) is 1.24. The summed E-state index contributed by atoms with van der Waals surface area (Å²) in [6.45, 7) is 8.45. The van der Waals surface area contributed by atoms with E-state index in [9.17, 15) is 4.79 Å². The number of thioether (sulfide) groups is 1. The first-order valence-corrected chi connectivity index (χ1v) is 12.5. The first-order valence-electron chi connectivity index (χ1n) is 10.9. The zero-order chi connectivity index (χ0) is 24.0. The van der Waals surface area contributed by atoms with Gasteiger partial charge in [0.15, 0.2) is 16.7 Å². The van der Waals surface area contributed by atoms with Gasteiger partial charge >= 0.3 is 0 Å². The van der Waals surface area contributed by atoms with Gasteiger partial charge in [-0.05, 0) is 110 Å². The summed E-state index contributed by atoms with van der Waals surface area (Å²) in [6, 6.07) is 15.9. The van der Waals surface area contributed by atoms with E-state index in [1.165, 1.54) is 22.9 Å². The van der Waals surface area contributed by atoms with Crippen LogP contribution in [-0.4, -0.2) is 17.9 Å². The molecule has 1 fully saturated rings. The fourth-order valence-electron chi connectivity index (χ4n) is 3.73. The SMILES string of the molecule is Cc1ccc(N=C2S/C(=C\c3cc4c(cc3Br)OCO4)C(=O)N2c2ccc(C)c(C)c2)cc1C. The fourth-order valence-corrected chi connectivity index (χ4v) is 5.16. The molecular weight excluding hydrogens is 512 g/mol. The van der Waals surface area contributed by atoms with Crippen molar-refractivity contribution in [2.75, 3.05) is 11.7 Å². The summed E-state index contributed by atoms with van der Waals surface area (Å²) in [4.78, 5) is 20.8. The van der Waals surface area contributed by atoms with Gasteiger partial charge in [0.1, 0.15) is 0 Å². The second kappa shape index (κ2) is 8.96. The number of anilines is 1. The molecule has 0 N–H and O–H groups in total. The third kappa shape index (κ3) is 4.26. The number of nitrogens with zero attached hydrogens (tertiary/aromatic N) is 2. The van der Waals surface area contributed by atoms with Crippen molar-refractivity contribution in [2.45, 2.75) is 27.7 Å². The van der Waals surface area contributed by atoms with Crippen molar-refractivity contribution in [1.82, 2.24) is 0 Å². The third-order valence-corrected chi connectivity index (χ3v) is 7.70. The van der Waals surface area contributed by atoms with E-state index in [-0.39, 0.29) is 12.7 Å². The van der Waals surface area contributed by atoms with Gasteiger partial charge in [0.05, 0.1) is 16.3 Å². The van der Waals surface area contributed by atoms with Gasteiger partial charge in [0.2, 0.25) is 6.79 Å². The van der Waals surface area contributed by atoms with Crippen LogP contribution in [0.4, 0.5) is 11.4 Å². The van der Waals surface area contributed by atoms with Crippen molar-refractivity contribution in [2.24, 2.45) is 4.99 Å². The van der Waals surface area contributed by atoms with Gasteiger partial charge in [-0.2, -0.15) is 0 Å². The van der Waals surface area contributed by atoms with E-state index >= 15 is 0 Å². The Hall–Kier alpha value is -3.03. The van der Waals surface area contributed by atoms with E-state index in [0.29, 0.717) is 21.6 Å². The molecule has 7 heteroatoms. The smallest absolute Gasteiger partial charge is 0.271 e. The van der Waals surface area contributed by atoms with Crippen molar-refractivity contribution in [3.05, 3.63) is 85.7 Å². The number of hydrogen-bond acceptors (Lipinski definition) is 5. The standard InChI is InChI=1S/C27H23BrN2O3S/c1-15-5-7-20(9-17(15)3)29-27-30(21-8-6-16(2)18(4)10-21)26(31)25(34-27)12-19-11-23-24(13-22(19)28)33-14-32-23/h5-13H,14H2,1-4H3/b25-12-,29-27?. The van der Waals surface area contributed by atoms with Crippen LogP contribution in [-0.2, 0) is 4.79 Å². The minimum Gasteiger partial charge on any atom is -0.454 e. The van der Waals surface area contributed by atoms with E-state index in [1.807, 2.05) is 55.5 Å². The number of ether oxygens (including phenoxy) is 2. The van der Waals surface area contributed by atoms with Crippen molar-refractivity contribution < 1.29 is 14.3 Å². The number of benzene rings is 3. The van der Waals surface area contributed by atoms with Crippen LogP contribution in [0.3, 0.4) is 0 Å². The second-order valence-electron chi connectivity index (χ2n) is 8.41. The van der Waals surface area contributed by atoms with E-state index < -0.39 is 0 Å². The number of aliphatic imine (C=N–C) groups is 1. The van der Waals surface area contributed by atoms with Crippen LogP contribution >= 0.6 is 27.7 Å². The number of carbonyl (C=O) groups excluding carboxylic acids is 1. The molecule has 5 nitrogen and oxygen atoms in total. The van der Waals surface area contributed by atoms with Crippen LogP contribution in [0.5, 0.6) is 11.5 Å². The maximum Gasteiger partial charge on any atom is 0.271 e. The fraction of sp³-hybridized carbons (Fsp3) is 0.185. The average molecular weight is 535 g/mol. The molecule has 3 aromatic rings. The molecule has 3 aromatic carbocycles. The largest absolute Gasteiger partial charge is 0.454 e. The molecule has 0 radical (unpaired) electrons. The maximum atomic E-state index is 13.7. The Morgan fingerprint density at radius 1 is 0.912 bits per heavy atom. The van der Waals surface area contributed by atoms with E-state index in [4.69, 9.17) is 14.5 Å². The monoisotopic (exact) mass is 534 g/mol. The van der Waals surface area contributed by atoms with Crippen LogP contribution in [0, 0.1) is 27.7 Å². The third-order valence-electron chi connectivity index (χ3n) is 6.05.